The summed E-state index contributed by atoms with van der Waals surface area (Å²) >= 11 is 0. The van der Waals surface area contributed by atoms with Crippen LogP contribution in [0.5, 0.6) is 0 Å². The number of carbonyl (C=O) groups is 1. The maximum absolute atomic E-state index is 13.5. The average molecular weight is 537 g/mol. The van der Waals surface area contributed by atoms with Crippen LogP contribution in [0.2, 0.25) is 0 Å². The molecule has 9 heteroatoms. The number of likely N-dealkylation sites (tertiary alicyclic amines) is 1. The number of hydrogen-bond acceptors (Lipinski definition) is 7. The molecule has 0 bridgehead atoms. The fraction of sp³-hybridized carbons (Fsp3) is 0.600. The van der Waals surface area contributed by atoms with Crippen LogP contribution in [0.3, 0.4) is 0 Å². The Morgan fingerprint density at radius 2 is 1.95 bits per heavy atom. The highest BCUT2D eigenvalue weighted by molar-refractivity contribution is 5.80. The number of aryl methyl sites for hydroxylation is 2. The van der Waals surface area contributed by atoms with Crippen molar-refractivity contribution in [2.75, 3.05) is 26.2 Å². The highest BCUT2D eigenvalue weighted by Gasteiger charge is 2.28. The summed E-state index contributed by atoms with van der Waals surface area (Å²) in [4.78, 5) is 31.4. The van der Waals surface area contributed by atoms with Crippen molar-refractivity contribution in [1.82, 2.24) is 19.6 Å². The van der Waals surface area contributed by atoms with Gasteiger partial charge in [0.25, 0.3) is 5.56 Å². The van der Waals surface area contributed by atoms with Crippen molar-refractivity contribution in [2.24, 2.45) is 0 Å². The molecule has 5 rings (SSSR count). The zero-order chi connectivity index (χ0) is 27.4. The number of fused-ring (bicyclic) bond motifs is 2. The van der Waals surface area contributed by atoms with Gasteiger partial charge in [-0.25, -0.2) is 4.98 Å². The van der Waals surface area contributed by atoms with Crippen molar-refractivity contribution in [3.63, 3.8) is 0 Å². The molecule has 1 fully saturated rings. The Hall–Kier alpha value is -3.04. The molecule has 3 aromatic rings. The van der Waals surface area contributed by atoms with E-state index in [1.165, 1.54) is 5.56 Å². The molecule has 1 aromatic carbocycles. The molecule has 2 aliphatic rings. The average Bonchev–Trinajstić information content (AvgIpc) is 3.34. The van der Waals surface area contributed by atoms with E-state index in [0.29, 0.717) is 31.9 Å². The number of hydrogen-bond donors (Lipinski definition) is 1. The van der Waals surface area contributed by atoms with Crippen LogP contribution in [0, 0.1) is 13.8 Å². The number of carboxylic acids is 1. The lowest BCUT2D eigenvalue weighted by Gasteiger charge is -2.31. The van der Waals surface area contributed by atoms with Crippen LogP contribution in [0.15, 0.2) is 27.5 Å². The summed E-state index contributed by atoms with van der Waals surface area (Å²) < 4.78 is 13.5. The van der Waals surface area contributed by atoms with Crippen molar-refractivity contribution in [2.45, 2.75) is 90.2 Å². The summed E-state index contributed by atoms with van der Waals surface area (Å²) in [7, 11) is 0. The molecule has 0 spiro atoms. The third-order valence-corrected chi connectivity index (χ3v) is 8.30. The van der Waals surface area contributed by atoms with E-state index in [-0.39, 0.29) is 18.1 Å². The van der Waals surface area contributed by atoms with Gasteiger partial charge in [-0.15, -0.1) is 0 Å². The topological polar surface area (TPSA) is 111 Å². The molecule has 0 radical (unpaired) electrons. The summed E-state index contributed by atoms with van der Waals surface area (Å²) in [5, 5.41) is 14.3. The van der Waals surface area contributed by atoms with Gasteiger partial charge in [-0.05, 0) is 89.6 Å². The number of nitrogens with zero attached hydrogens (tertiary/aromatic N) is 4. The third-order valence-electron chi connectivity index (χ3n) is 8.30. The van der Waals surface area contributed by atoms with Crippen LogP contribution in [-0.4, -0.2) is 56.9 Å². The zero-order valence-electron chi connectivity index (χ0n) is 23.2. The van der Waals surface area contributed by atoms with E-state index in [0.717, 1.165) is 91.9 Å². The second-order valence-corrected chi connectivity index (χ2v) is 11.1. The number of unbranched alkanes of at least 4 members (excludes halogenated alkanes) is 2. The minimum absolute atomic E-state index is 0.0755. The summed E-state index contributed by atoms with van der Waals surface area (Å²) in [6, 6.07) is 6.29. The summed E-state index contributed by atoms with van der Waals surface area (Å²) in [6.45, 7) is 8.05. The molecule has 9 nitrogen and oxygen atoms in total. The van der Waals surface area contributed by atoms with Gasteiger partial charge in [-0.2, -0.15) is 0 Å². The lowest BCUT2D eigenvalue weighted by Crippen LogP contribution is -2.38. The van der Waals surface area contributed by atoms with Crippen LogP contribution in [0.4, 0.5) is 0 Å². The molecule has 39 heavy (non-hydrogen) atoms. The van der Waals surface area contributed by atoms with Crippen LogP contribution in [0.1, 0.15) is 91.7 Å². The van der Waals surface area contributed by atoms with Crippen LogP contribution < -0.4 is 5.56 Å². The Morgan fingerprint density at radius 1 is 1.13 bits per heavy atom. The number of aromatic nitrogens is 3. The van der Waals surface area contributed by atoms with E-state index in [1.54, 1.807) is 0 Å². The first-order valence-corrected chi connectivity index (χ1v) is 14.4. The van der Waals surface area contributed by atoms with Gasteiger partial charge in [0.2, 0.25) is 0 Å². The molecular formula is C30H40N4O5. The van der Waals surface area contributed by atoms with Gasteiger partial charge < -0.3 is 19.3 Å². The van der Waals surface area contributed by atoms with E-state index in [1.807, 2.05) is 17.6 Å². The number of aliphatic carboxylic acids is 1. The van der Waals surface area contributed by atoms with Crippen molar-refractivity contribution in [1.29, 1.82) is 0 Å². The molecular weight excluding hydrogens is 496 g/mol. The standard InChI is InChI=1S/C30H40N4O5/c1-20-9-10-24-26(19-20)39-32-28(24)22-11-15-33(16-12-22)17-13-23-21(2)31-29-25(7-6-14-34(29)30(23)37)38-18-5-3-4-8-27(35)36/h9-10,19,22,25H,3-8,11-18H2,1-2H3,(H,35,36). The van der Waals surface area contributed by atoms with E-state index in [2.05, 4.69) is 29.1 Å². The highest BCUT2D eigenvalue weighted by Crippen LogP contribution is 2.33. The van der Waals surface area contributed by atoms with Gasteiger partial charge in [0.15, 0.2) is 5.58 Å². The number of rotatable bonds is 11. The van der Waals surface area contributed by atoms with Gasteiger partial charge in [-0.1, -0.05) is 17.6 Å². The van der Waals surface area contributed by atoms with Crippen LogP contribution in [0.25, 0.3) is 11.0 Å². The van der Waals surface area contributed by atoms with Crippen molar-refractivity contribution < 1.29 is 19.2 Å². The molecule has 1 N–H and O–H groups in total. The maximum atomic E-state index is 13.5. The smallest absolute Gasteiger partial charge is 0.303 e. The predicted molar refractivity (Wildman–Crippen MR) is 148 cm³/mol. The fourth-order valence-electron chi connectivity index (χ4n) is 6.03. The Labute approximate surface area is 229 Å². The van der Waals surface area contributed by atoms with E-state index < -0.39 is 5.97 Å². The van der Waals surface area contributed by atoms with Gasteiger partial charge >= 0.3 is 5.97 Å². The lowest BCUT2D eigenvalue weighted by molar-refractivity contribution is -0.137. The second-order valence-electron chi connectivity index (χ2n) is 11.1. The minimum Gasteiger partial charge on any atom is -0.481 e. The van der Waals surface area contributed by atoms with Crippen molar-refractivity contribution >= 4 is 16.9 Å². The molecule has 0 aliphatic carbocycles. The molecule has 0 saturated carbocycles. The van der Waals surface area contributed by atoms with E-state index in [9.17, 15) is 9.59 Å². The first kappa shape index (κ1) is 27.5. The fourth-order valence-corrected chi connectivity index (χ4v) is 6.03. The first-order valence-electron chi connectivity index (χ1n) is 14.4. The monoisotopic (exact) mass is 536 g/mol. The van der Waals surface area contributed by atoms with Crippen molar-refractivity contribution in [3.8, 4) is 0 Å². The van der Waals surface area contributed by atoms with E-state index >= 15 is 0 Å². The predicted octanol–water partition coefficient (Wildman–Crippen LogP) is 4.92. The van der Waals surface area contributed by atoms with Gasteiger partial charge in [0.05, 0.1) is 5.69 Å². The summed E-state index contributed by atoms with van der Waals surface area (Å²) in [5.41, 5.74) is 4.82. The minimum atomic E-state index is -0.758. The number of carboxylic acid groups (broad SMARTS) is 1. The van der Waals surface area contributed by atoms with Gasteiger partial charge in [0.1, 0.15) is 11.9 Å². The second kappa shape index (κ2) is 12.4. The molecule has 1 saturated heterocycles. The Morgan fingerprint density at radius 3 is 2.74 bits per heavy atom. The largest absolute Gasteiger partial charge is 0.481 e. The number of piperidine rings is 1. The summed E-state index contributed by atoms with van der Waals surface area (Å²) in [6.07, 6.45) is 6.84. The Kier molecular flexibility index (Phi) is 8.77. The summed E-state index contributed by atoms with van der Waals surface area (Å²) in [5.74, 6) is 0.387. The SMILES string of the molecule is Cc1ccc2c(C3CCN(CCc4c(C)nc5n(c4=O)CCCC5OCCCCCC(=O)O)CC3)noc2c1. The first-order chi connectivity index (χ1) is 18.9. The quantitative estimate of drug-likeness (QED) is 0.344. The Balaban J connectivity index is 1.15. The zero-order valence-corrected chi connectivity index (χ0v) is 23.2. The Bertz CT molecular complexity index is 1360. The maximum Gasteiger partial charge on any atom is 0.303 e. The molecule has 4 heterocycles. The third kappa shape index (κ3) is 6.41. The van der Waals surface area contributed by atoms with E-state index in [4.69, 9.17) is 19.4 Å². The number of benzene rings is 1. The molecule has 1 unspecified atom stereocenters. The van der Waals surface area contributed by atoms with Gasteiger partial charge in [-0.3, -0.25) is 14.2 Å². The lowest BCUT2D eigenvalue weighted by atomic mass is 9.91. The van der Waals surface area contributed by atoms with Gasteiger partial charge in [0, 0.05) is 48.7 Å². The molecule has 0 amide bonds. The highest BCUT2D eigenvalue weighted by atomic mass is 16.5. The van der Waals surface area contributed by atoms with Crippen molar-refractivity contribution in [3.05, 3.63) is 56.9 Å². The molecule has 210 valence electrons. The van der Waals surface area contributed by atoms with Crippen LogP contribution in [-0.2, 0) is 22.5 Å². The molecule has 2 aromatic heterocycles. The normalized spacial score (nSPS) is 18.5. The van der Waals surface area contributed by atoms with Crippen LogP contribution >= 0.6 is 0 Å². The number of ether oxygens (including phenoxy) is 1. The molecule has 2 aliphatic heterocycles. The molecule has 1 atom stereocenters.